The summed E-state index contributed by atoms with van der Waals surface area (Å²) in [5.41, 5.74) is 5.00. The van der Waals surface area contributed by atoms with Gasteiger partial charge in [-0.3, -0.25) is 4.79 Å². The minimum Gasteiger partial charge on any atom is -0.368 e. The molecule has 0 bridgehead atoms. The summed E-state index contributed by atoms with van der Waals surface area (Å²) in [6.45, 7) is 7.10. The summed E-state index contributed by atoms with van der Waals surface area (Å²) in [6.07, 6.45) is -4.14. The molecule has 0 aliphatic carbocycles. The molecular weight excluding hydrogens is 433 g/mol. The number of nitrogens with zero attached hydrogens (tertiary/aromatic N) is 4. The van der Waals surface area contributed by atoms with E-state index in [-0.39, 0.29) is 28.0 Å². The third kappa shape index (κ3) is 5.19. The first-order valence-electron chi connectivity index (χ1n) is 9.95. The summed E-state index contributed by atoms with van der Waals surface area (Å²) >= 11 is 6.07. The highest BCUT2D eigenvalue weighted by Crippen LogP contribution is 2.39. The highest BCUT2D eigenvalue weighted by molar-refractivity contribution is 6.30. The van der Waals surface area contributed by atoms with Gasteiger partial charge in [0.2, 0.25) is 0 Å². The van der Waals surface area contributed by atoms with Gasteiger partial charge in [-0.05, 0) is 31.2 Å². The van der Waals surface area contributed by atoms with Gasteiger partial charge in [-0.1, -0.05) is 25.4 Å². The van der Waals surface area contributed by atoms with Gasteiger partial charge in [0, 0.05) is 37.6 Å². The molecule has 0 spiro atoms. The number of aryl methyl sites for hydroxylation is 1. The molecule has 2 heterocycles. The predicted molar refractivity (Wildman–Crippen MR) is 114 cm³/mol. The standard InChI is InChI=1S/C20H24ClF3N6O/c1-3-14-17(21)28-19(16(27-14)18(25)31)26-12-5-6-15(13(11-12)20(22,23)24)30-9-7-29(4-2)8-10-30/h5-6,11H,3-4,7-10H2,1-2H3,(H2,25,31)(H,26,28). The first-order valence-corrected chi connectivity index (χ1v) is 10.3. The number of likely N-dealkylation sites (N-methyl/N-ethyl adjacent to an activating group) is 1. The first kappa shape index (κ1) is 23.1. The van der Waals surface area contributed by atoms with Crippen molar-refractivity contribution in [2.75, 3.05) is 42.9 Å². The van der Waals surface area contributed by atoms with Crippen LogP contribution < -0.4 is 16.0 Å². The fourth-order valence-electron chi connectivity index (χ4n) is 3.49. The lowest BCUT2D eigenvalue weighted by atomic mass is 10.1. The number of carbonyl (C=O) groups is 1. The highest BCUT2D eigenvalue weighted by Gasteiger charge is 2.36. The Kier molecular flexibility index (Phi) is 6.90. The normalized spacial score (nSPS) is 15.2. The van der Waals surface area contributed by atoms with E-state index >= 15 is 0 Å². The average molecular weight is 457 g/mol. The van der Waals surface area contributed by atoms with E-state index in [1.807, 2.05) is 6.92 Å². The molecule has 1 aromatic carbocycles. The van der Waals surface area contributed by atoms with Crippen LogP contribution in [-0.2, 0) is 12.6 Å². The highest BCUT2D eigenvalue weighted by atomic mass is 35.5. The molecule has 1 saturated heterocycles. The minimum atomic E-state index is -4.56. The molecule has 1 aliphatic rings. The number of rotatable bonds is 6. The second-order valence-electron chi connectivity index (χ2n) is 7.15. The van der Waals surface area contributed by atoms with Crippen molar-refractivity contribution in [3.63, 3.8) is 0 Å². The number of nitrogens with one attached hydrogen (secondary N) is 1. The van der Waals surface area contributed by atoms with Crippen LogP contribution in [0.4, 0.5) is 30.4 Å². The number of nitrogens with two attached hydrogens (primary N) is 1. The Hall–Kier alpha value is -2.59. The Morgan fingerprint density at radius 3 is 2.42 bits per heavy atom. The van der Waals surface area contributed by atoms with Crippen LogP contribution in [0.15, 0.2) is 18.2 Å². The zero-order chi connectivity index (χ0) is 22.8. The molecule has 0 atom stereocenters. The zero-order valence-corrected chi connectivity index (χ0v) is 18.0. The maximum Gasteiger partial charge on any atom is 0.418 e. The second kappa shape index (κ2) is 9.27. The van der Waals surface area contributed by atoms with E-state index in [1.165, 1.54) is 12.1 Å². The number of alkyl halides is 3. The van der Waals surface area contributed by atoms with Crippen LogP contribution in [0.3, 0.4) is 0 Å². The van der Waals surface area contributed by atoms with Crippen molar-refractivity contribution in [3.8, 4) is 0 Å². The molecule has 1 aliphatic heterocycles. The van der Waals surface area contributed by atoms with Gasteiger partial charge < -0.3 is 20.9 Å². The maximum absolute atomic E-state index is 13.8. The van der Waals surface area contributed by atoms with Gasteiger partial charge in [-0.15, -0.1) is 0 Å². The number of halogens is 4. The molecular formula is C20H24ClF3N6O. The SMILES string of the molecule is CCc1nc(C(N)=O)c(Nc2ccc(N3CCN(CC)CC3)c(C(F)(F)F)c2)nc1Cl. The molecule has 1 amide bonds. The van der Waals surface area contributed by atoms with Crippen molar-refractivity contribution in [2.45, 2.75) is 26.4 Å². The van der Waals surface area contributed by atoms with E-state index in [9.17, 15) is 18.0 Å². The largest absolute Gasteiger partial charge is 0.418 e. The Morgan fingerprint density at radius 1 is 1.19 bits per heavy atom. The second-order valence-corrected chi connectivity index (χ2v) is 7.51. The molecule has 1 fully saturated rings. The summed E-state index contributed by atoms with van der Waals surface area (Å²) in [5, 5.41) is 2.77. The van der Waals surface area contributed by atoms with Gasteiger partial charge in [0.15, 0.2) is 16.7 Å². The number of piperazine rings is 1. The third-order valence-electron chi connectivity index (χ3n) is 5.21. The van der Waals surface area contributed by atoms with Crippen LogP contribution in [0, 0.1) is 0 Å². The van der Waals surface area contributed by atoms with Crippen LogP contribution in [0.25, 0.3) is 0 Å². The molecule has 0 saturated carbocycles. The van der Waals surface area contributed by atoms with Crippen LogP contribution in [0.5, 0.6) is 0 Å². The lowest BCUT2D eigenvalue weighted by Gasteiger charge is -2.36. The zero-order valence-electron chi connectivity index (χ0n) is 17.3. The lowest BCUT2D eigenvalue weighted by molar-refractivity contribution is -0.137. The molecule has 11 heteroatoms. The van der Waals surface area contributed by atoms with Crippen LogP contribution in [0.2, 0.25) is 5.15 Å². The van der Waals surface area contributed by atoms with E-state index in [4.69, 9.17) is 17.3 Å². The number of aromatic nitrogens is 2. The van der Waals surface area contributed by atoms with Crippen molar-refractivity contribution in [1.82, 2.24) is 14.9 Å². The van der Waals surface area contributed by atoms with Gasteiger partial charge in [-0.25, -0.2) is 9.97 Å². The van der Waals surface area contributed by atoms with Gasteiger partial charge in [0.25, 0.3) is 5.91 Å². The predicted octanol–water partition coefficient (Wildman–Crippen LogP) is 3.70. The van der Waals surface area contributed by atoms with E-state index in [2.05, 4.69) is 20.2 Å². The maximum atomic E-state index is 13.8. The Bertz CT molecular complexity index is 961. The molecule has 3 N–H and O–H groups in total. The lowest BCUT2D eigenvalue weighted by Crippen LogP contribution is -2.46. The smallest absolute Gasteiger partial charge is 0.368 e. The van der Waals surface area contributed by atoms with Crippen molar-refractivity contribution in [2.24, 2.45) is 5.73 Å². The van der Waals surface area contributed by atoms with Crippen molar-refractivity contribution in [3.05, 3.63) is 40.3 Å². The molecule has 3 rings (SSSR count). The molecule has 0 unspecified atom stereocenters. The van der Waals surface area contributed by atoms with Crippen LogP contribution in [0.1, 0.15) is 35.6 Å². The Morgan fingerprint density at radius 2 is 1.87 bits per heavy atom. The van der Waals surface area contributed by atoms with E-state index in [0.717, 1.165) is 12.6 Å². The van der Waals surface area contributed by atoms with Gasteiger partial charge in [0.1, 0.15) is 0 Å². The fraction of sp³-hybridized carbons (Fsp3) is 0.450. The van der Waals surface area contributed by atoms with E-state index in [0.29, 0.717) is 38.3 Å². The Labute approximate surface area is 183 Å². The molecule has 0 radical (unpaired) electrons. The van der Waals surface area contributed by atoms with E-state index in [1.54, 1.807) is 11.8 Å². The number of hydrogen-bond donors (Lipinski definition) is 2. The van der Waals surface area contributed by atoms with Crippen molar-refractivity contribution < 1.29 is 18.0 Å². The summed E-state index contributed by atoms with van der Waals surface area (Å²) < 4.78 is 41.5. The van der Waals surface area contributed by atoms with Crippen molar-refractivity contribution in [1.29, 1.82) is 0 Å². The van der Waals surface area contributed by atoms with Gasteiger partial charge >= 0.3 is 6.18 Å². The fourth-order valence-corrected chi connectivity index (χ4v) is 3.75. The van der Waals surface area contributed by atoms with Crippen LogP contribution in [-0.4, -0.2) is 53.5 Å². The molecule has 2 aromatic rings. The first-order chi connectivity index (χ1) is 14.6. The number of hydrogen-bond acceptors (Lipinski definition) is 6. The average Bonchev–Trinajstić information content (AvgIpc) is 2.73. The summed E-state index contributed by atoms with van der Waals surface area (Å²) in [4.78, 5) is 23.9. The van der Waals surface area contributed by atoms with Gasteiger partial charge in [-0.2, -0.15) is 13.2 Å². The molecule has 1 aromatic heterocycles. The Balaban J connectivity index is 1.95. The van der Waals surface area contributed by atoms with Crippen LogP contribution >= 0.6 is 11.6 Å². The number of benzene rings is 1. The monoisotopic (exact) mass is 456 g/mol. The molecule has 7 nitrogen and oxygen atoms in total. The molecule has 31 heavy (non-hydrogen) atoms. The third-order valence-corrected chi connectivity index (χ3v) is 5.51. The number of amides is 1. The number of primary amides is 1. The minimum absolute atomic E-state index is 0.0523. The number of carbonyl (C=O) groups excluding carboxylic acids is 1. The van der Waals surface area contributed by atoms with E-state index < -0.39 is 17.6 Å². The summed E-state index contributed by atoms with van der Waals surface area (Å²) in [6, 6.07) is 3.92. The van der Waals surface area contributed by atoms with Gasteiger partial charge in [0.05, 0.1) is 11.3 Å². The number of anilines is 3. The topological polar surface area (TPSA) is 87.4 Å². The summed E-state index contributed by atoms with van der Waals surface area (Å²) in [7, 11) is 0. The summed E-state index contributed by atoms with van der Waals surface area (Å²) in [5.74, 6) is -0.949. The quantitative estimate of drug-likeness (QED) is 0.689. The van der Waals surface area contributed by atoms with Crippen molar-refractivity contribution >= 4 is 34.7 Å². The molecule has 168 valence electrons.